The van der Waals surface area contributed by atoms with Crippen molar-refractivity contribution in [2.24, 2.45) is 0 Å². The van der Waals surface area contributed by atoms with Crippen molar-refractivity contribution in [3.05, 3.63) is 65.0 Å². The largest absolute Gasteiger partial charge is 0.433 e. The number of nitrogens with zero attached hydrogens (tertiary/aromatic N) is 2. The van der Waals surface area contributed by atoms with Crippen LogP contribution in [0.5, 0.6) is 0 Å². The normalized spacial score (nSPS) is 18.3. The number of alkyl halides is 3. The Kier molecular flexibility index (Phi) is 5.69. The van der Waals surface area contributed by atoms with Crippen LogP contribution in [0.15, 0.2) is 36.5 Å². The van der Waals surface area contributed by atoms with E-state index in [1.165, 1.54) is 16.7 Å². The van der Waals surface area contributed by atoms with Crippen molar-refractivity contribution in [2.75, 3.05) is 18.8 Å². The number of pyridine rings is 1. The lowest BCUT2D eigenvalue weighted by Crippen LogP contribution is -2.33. The number of hydrogen-bond donors (Lipinski definition) is 0. The second-order valence-corrected chi connectivity index (χ2v) is 7.35. The molecule has 0 N–H and O–H groups in total. The van der Waals surface area contributed by atoms with Gasteiger partial charge in [0.15, 0.2) is 0 Å². The van der Waals surface area contributed by atoms with E-state index in [2.05, 4.69) is 4.98 Å². The van der Waals surface area contributed by atoms with Gasteiger partial charge < -0.3 is 4.90 Å². The number of halogens is 5. The molecule has 0 aliphatic carbocycles. The minimum absolute atomic E-state index is 0.0587. The standard InChI is InChI=1S/C18H15F5N2OS/c19-12-2-3-14(20)13(9-12)15-5-6-25(7-8-27-15)17(26)11-1-4-16(24-10-11)18(21,22)23/h1-4,9-10,15H,5-8H2. The van der Waals surface area contributed by atoms with Crippen LogP contribution < -0.4 is 0 Å². The Balaban J connectivity index is 1.70. The maximum atomic E-state index is 14.0. The molecule has 1 atom stereocenters. The summed E-state index contributed by atoms with van der Waals surface area (Å²) in [6.45, 7) is 0.644. The number of amides is 1. The van der Waals surface area contributed by atoms with Crippen molar-refractivity contribution < 1.29 is 26.7 Å². The van der Waals surface area contributed by atoms with Crippen LogP contribution in [0.25, 0.3) is 0 Å². The monoisotopic (exact) mass is 402 g/mol. The van der Waals surface area contributed by atoms with Crippen molar-refractivity contribution in [2.45, 2.75) is 17.8 Å². The van der Waals surface area contributed by atoms with Crippen molar-refractivity contribution in [1.29, 1.82) is 0 Å². The first kappa shape index (κ1) is 19.6. The van der Waals surface area contributed by atoms with Crippen LogP contribution in [0.3, 0.4) is 0 Å². The Morgan fingerprint density at radius 3 is 2.59 bits per heavy atom. The van der Waals surface area contributed by atoms with Crippen LogP contribution in [-0.4, -0.2) is 34.6 Å². The summed E-state index contributed by atoms with van der Waals surface area (Å²) in [6, 6.07) is 5.15. The zero-order chi connectivity index (χ0) is 19.6. The summed E-state index contributed by atoms with van der Waals surface area (Å²) >= 11 is 1.42. The van der Waals surface area contributed by atoms with Gasteiger partial charge in [-0.25, -0.2) is 8.78 Å². The van der Waals surface area contributed by atoms with E-state index in [1.807, 2.05) is 0 Å². The highest BCUT2D eigenvalue weighted by molar-refractivity contribution is 7.99. The molecule has 2 heterocycles. The van der Waals surface area contributed by atoms with Gasteiger partial charge in [0.1, 0.15) is 17.3 Å². The Morgan fingerprint density at radius 1 is 1.15 bits per heavy atom. The highest BCUT2D eigenvalue weighted by atomic mass is 32.2. The van der Waals surface area contributed by atoms with Gasteiger partial charge in [-0.2, -0.15) is 24.9 Å². The predicted octanol–water partition coefficient (Wildman–Crippen LogP) is 4.70. The number of carbonyl (C=O) groups excluding carboxylic acids is 1. The van der Waals surface area contributed by atoms with E-state index in [0.717, 1.165) is 36.5 Å². The molecule has 1 aromatic heterocycles. The first-order valence-electron chi connectivity index (χ1n) is 8.15. The fourth-order valence-corrected chi connectivity index (χ4v) is 4.10. The topological polar surface area (TPSA) is 33.2 Å². The lowest BCUT2D eigenvalue weighted by Gasteiger charge is -2.20. The zero-order valence-electron chi connectivity index (χ0n) is 14.0. The average Bonchev–Trinajstić information content (AvgIpc) is 2.88. The van der Waals surface area contributed by atoms with Crippen molar-refractivity contribution in [3.8, 4) is 0 Å². The molecule has 2 aromatic rings. The van der Waals surface area contributed by atoms with Gasteiger partial charge in [-0.3, -0.25) is 9.78 Å². The van der Waals surface area contributed by atoms with Gasteiger partial charge in [0.25, 0.3) is 5.91 Å². The smallest absolute Gasteiger partial charge is 0.338 e. The summed E-state index contributed by atoms with van der Waals surface area (Å²) in [5, 5.41) is -0.302. The Hall–Kier alpha value is -2.16. The van der Waals surface area contributed by atoms with Crippen LogP contribution >= 0.6 is 11.8 Å². The number of benzene rings is 1. The fourth-order valence-electron chi connectivity index (χ4n) is 2.85. The second-order valence-electron chi connectivity index (χ2n) is 6.04. The van der Waals surface area contributed by atoms with Gasteiger partial charge in [-0.15, -0.1) is 0 Å². The SMILES string of the molecule is O=C(c1ccc(C(F)(F)F)nc1)N1CCSC(c2cc(F)ccc2F)CC1. The Labute approximate surface area is 156 Å². The summed E-state index contributed by atoms with van der Waals surface area (Å²) in [5.74, 6) is -0.960. The molecule has 1 aliphatic rings. The lowest BCUT2D eigenvalue weighted by atomic mass is 10.1. The molecular formula is C18H15F5N2OS. The number of hydrogen-bond acceptors (Lipinski definition) is 3. The molecule has 0 spiro atoms. The van der Waals surface area contributed by atoms with Gasteiger partial charge >= 0.3 is 6.18 Å². The molecule has 1 aliphatic heterocycles. The molecule has 0 bridgehead atoms. The summed E-state index contributed by atoms with van der Waals surface area (Å²) < 4.78 is 65.1. The summed E-state index contributed by atoms with van der Waals surface area (Å²) in [7, 11) is 0. The van der Waals surface area contributed by atoms with Gasteiger partial charge in [-0.1, -0.05) is 0 Å². The molecule has 0 saturated carbocycles. The minimum Gasteiger partial charge on any atom is -0.338 e. The zero-order valence-corrected chi connectivity index (χ0v) is 14.8. The van der Waals surface area contributed by atoms with Crippen LogP contribution in [0.1, 0.15) is 33.3 Å². The van der Waals surface area contributed by atoms with Crippen molar-refractivity contribution in [3.63, 3.8) is 0 Å². The highest BCUT2D eigenvalue weighted by Crippen LogP contribution is 2.36. The van der Waals surface area contributed by atoms with Crippen LogP contribution in [-0.2, 0) is 6.18 Å². The maximum absolute atomic E-state index is 14.0. The van der Waals surface area contributed by atoms with E-state index in [9.17, 15) is 26.7 Å². The van der Waals surface area contributed by atoms with Crippen LogP contribution in [0, 0.1) is 11.6 Å². The Morgan fingerprint density at radius 2 is 1.93 bits per heavy atom. The van der Waals surface area contributed by atoms with E-state index in [4.69, 9.17) is 0 Å². The van der Waals surface area contributed by atoms with Crippen LogP contribution in [0.4, 0.5) is 22.0 Å². The van der Waals surface area contributed by atoms with Crippen LogP contribution in [0.2, 0.25) is 0 Å². The molecular weight excluding hydrogens is 387 g/mol. The molecule has 1 amide bonds. The average molecular weight is 402 g/mol. The lowest BCUT2D eigenvalue weighted by molar-refractivity contribution is -0.141. The van der Waals surface area contributed by atoms with Gasteiger partial charge in [-0.05, 0) is 36.8 Å². The number of thioether (sulfide) groups is 1. The number of carbonyl (C=O) groups is 1. The summed E-state index contributed by atoms with van der Waals surface area (Å²) in [4.78, 5) is 17.3. The molecule has 27 heavy (non-hydrogen) atoms. The molecule has 1 aromatic carbocycles. The van der Waals surface area contributed by atoms with Gasteiger partial charge in [0, 0.05) is 35.9 Å². The van der Waals surface area contributed by atoms with Gasteiger partial charge in [0.2, 0.25) is 0 Å². The second kappa shape index (κ2) is 7.84. The molecule has 144 valence electrons. The van der Waals surface area contributed by atoms with Crippen molar-refractivity contribution in [1.82, 2.24) is 9.88 Å². The predicted molar refractivity (Wildman–Crippen MR) is 91.3 cm³/mol. The summed E-state index contributed by atoms with van der Waals surface area (Å²) in [6.07, 6.45) is -3.25. The highest BCUT2D eigenvalue weighted by Gasteiger charge is 2.32. The molecule has 3 rings (SSSR count). The fraction of sp³-hybridized carbons (Fsp3) is 0.333. The first-order chi connectivity index (χ1) is 12.8. The molecule has 0 radical (unpaired) electrons. The van der Waals surface area contributed by atoms with E-state index in [1.54, 1.807) is 0 Å². The van der Waals surface area contributed by atoms with E-state index >= 15 is 0 Å². The minimum atomic E-state index is -4.57. The molecule has 1 fully saturated rings. The third kappa shape index (κ3) is 4.58. The van der Waals surface area contributed by atoms with E-state index in [0.29, 0.717) is 18.7 Å². The third-order valence-electron chi connectivity index (χ3n) is 4.23. The molecule has 3 nitrogen and oxygen atoms in total. The maximum Gasteiger partial charge on any atom is 0.433 e. The van der Waals surface area contributed by atoms with Crippen molar-refractivity contribution >= 4 is 17.7 Å². The number of aromatic nitrogens is 1. The Bertz CT molecular complexity index is 825. The molecule has 1 saturated heterocycles. The van der Waals surface area contributed by atoms with Gasteiger partial charge in [0.05, 0.1) is 5.56 Å². The first-order valence-corrected chi connectivity index (χ1v) is 9.19. The third-order valence-corrected chi connectivity index (χ3v) is 5.54. The molecule has 1 unspecified atom stereocenters. The summed E-state index contributed by atoms with van der Waals surface area (Å²) in [5.41, 5.74) is -0.749. The van der Waals surface area contributed by atoms with E-state index < -0.39 is 29.4 Å². The quantitative estimate of drug-likeness (QED) is 0.683. The van der Waals surface area contributed by atoms with E-state index in [-0.39, 0.29) is 22.9 Å². The molecule has 9 heteroatoms. The number of rotatable bonds is 2.